The van der Waals surface area contributed by atoms with E-state index in [-0.39, 0.29) is 22.0 Å². The Balaban J connectivity index is 1.62. The van der Waals surface area contributed by atoms with E-state index >= 15 is 0 Å². The first kappa shape index (κ1) is 24.7. The quantitative estimate of drug-likeness (QED) is 0.130. The summed E-state index contributed by atoms with van der Waals surface area (Å²) in [4.78, 5) is 30.8. The highest BCUT2D eigenvalue weighted by Gasteiger charge is 2.15. The minimum atomic E-state index is -0.452. The Kier molecular flexibility index (Phi) is 7.47. The number of benzene rings is 3. The average molecular weight is 506 g/mol. The summed E-state index contributed by atoms with van der Waals surface area (Å²) in [6, 6.07) is 17.3. The standard InChI is InChI=1S/C25H24ClN7O3/c1-36-21-8-3-2-5-15(21)11-12-33-14-29-19-6-4-7-20(22(19)25(33)35)30-24(34)16-9-10-17(18(26)13-16)23(31-27)32-28/h2-10,13-14H,11-12,27-28H2,1H3,(H,30,34)(H,31,32). The van der Waals surface area contributed by atoms with Gasteiger partial charge < -0.3 is 21.3 Å². The number of nitrogens with two attached hydrogens (primary N) is 2. The van der Waals surface area contributed by atoms with Crippen LogP contribution in [0.5, 0.6) is 5.75 Å². The third kappa shape index (κ3) is 4.99. The van der Waals surface area contributed by atoms with Crippen LogP contribution < -0.4 is 32.7 Å². The lowest BCUT2D eigenvalue weighted by molar-refractivity contribution is 0.102. The number of fused-ring (bicyclic) bond motifs is 1. The van der Waals surface area contributed by atoms with Crippen molar-refractivity contribution >= 4 is 39.9 Å². The maximum absolute atomic E-state index is 13.4. The number of rotatable bonds is 7. The van der Waals surface area contributed by atoms with E-state index in [0.717, 1.165) is 11.3 Å². The molecule has 0 bridgehead atoms. The van der Waals surface area contributed by atoms with Gasteiger partial charge in [0, 0.05) is 17.7 Å². The number of aryl methyl sites for hydroxylation is 2. The lowest BCUT2D eigenvalue weighted by Crippen LogP contribution is -2.32. The van der Waals surface area contributed by atoms with E-state index in [2.05, 4.69) is 20.8 Å². The molecule has 0 saturated heterocycles. The molecule has 0 unspecified atom stereocenters. The number of nitrogens with one attached hydrogen (secondary N) is 2. The number of hydrogen-bond donors (Lipinski definition) is 4. The minimum absolute atomic E-state index is 0.167. The van der Waals surface area contributed by atoms with Gasteiger partial charge in [-0.1, -0.05) is 35.9 Å². The van der Waals surface area contributed by atoms with Gasteiger partial charge in [0.1, 0.15) is 5.75 Å². The van der Waals surface area contributed by atoms with Crippen molar-refractivity contribution in [3.8, 4) is 5.75 Å². The molecule has 0 saturated carbocycles. The molecule has 184 valence electrons. The van der Waals surface area contributed by atoms with Crippen LogP contribution in [0.2, 0.25) is 5.02 Å². The van der Waals surface area contributed by atoms with Crippen LogP contribution in [0.3, 0.4) is 0 Å². The monoisotopic (exact) mass is 505 g/mol. The number of ether oxygens (including phenoxy) is 1. The second-order valence-corrected chi connectivity index (χ2v) is 8.18. The zero-order valence-corrected chi connectivity index (χ0v) is 20.1. The van der Waals surface area contributed by atoms with Gasteiger partial charge in [-0.25, -0.2) is 10.8 Å². The second-order valence-electron chi connectivity index (χ2n) is 7.78. The van der Waals surface area contributed by atoms with Crippen LogP contribution in [0.15, 0.2) is 76.9 Å². The largest absolute Gasteiger partial charge is 0.496 e. The van der Waals surface area contributed by atoms with Gasteiger partial charge in [0.25, 0.3) is 11.5 Å². The van der Waals surface area contributed by atoms with Crippen molar-refractivity contribution in [2.75, 3.05) is 12.4 Å². The fourth-order valence-electron chi connectivity index (χ4n) is 3.84. The van der Waals surface area contributed by atoms with Crippen molar-refractivity contribution in [2.45, 2.75) is 13.0 Å². The third-order valence-electron chi connectivity index (χ3n) is 5.67. The maximum atomic E-state index is 13.4. The molecule has 36 heavy (non-hydrogen) atoms. The number of aromatic nitrogens is 2. The van der Waals surface area contributed by atoms with Crippen molar-refractivity contribution in [3.05, 3.63) is 99.1 Å². The van der Waals surface area contributed by atoms with Gasteiger partial charge in [-0.05, 0) is 48.4 Å². The van der Waals surface area contributed by atoms with E-state index in [1.807, 2.05) is 24.3 Å². The molecule has 10 nitrogen and oxygen atoms in total. The summed E-state index contributed by atoms with van der Waals surface area (Å²) in [5.41, 5.74) is 4.57. The molecule has 3 aromatic carbocycles. The van der Waals surface area contributed by atoms with Crippen LogP contribution in [-0.4, -0.2) is 28.4 Å². The fourth-order valence-corrected chi connectivity index (χ4v) is 4.11. The van der Waals surface area contributed by atoms with Gasteiger partial charge in [0.05, 0.1) is 35.1 Å². The van der Waals surface area contributed by atoms with Crippen molar-refractivity contribution < 1.29 is 9.53 Å². The topological polar surface area (TPSA) is 150 Å². The van der Waals surface area contributed by atoms with Gasteiger partial charge in [-0.2, -0.15) is 5.10 Å². The van der Waals surface area contributed by atoms with Crippen LogP contribution in [0.1, 0.15) is 21.5 Å². The number of nitrogens with zero attached hydrogens (tertiary/aromatic N) is 3. The van der Waals surface area contributed by atoms with E-state index in [1.54, 1.807) is 37.4 Å². The number of anilines is 1. The highest BCUT2D eigenvalue weighted by Crippen LogP contribution is 2.22. The summed E-state index contributed by atoms with van der Waals surface area (Å²) in [5, 5.41) is 6.85. The highest BCUT2D eigenvalue weighted by atomic mass is 35.5. The number of carbonyl (C=O) groups excluding carboxylic acids is 1. The first-order valence-electron chi connectivity index (χ1n) is 10.9. The molecule has 1 aromatic heterocycles. The molecule has 11 heteroatoms. The van der Waals surface area contributed by atoms with E-state index in [4.69, 9.17) is 28.0 Å². The van der Waals surface area contributed by atoms with Gasteiger partial charge >= 0.3 is 0 Å². The molecule has 1 heterocycles. The average Bonchev–Trinajstić information content (AvgIpc) is 2.90. The highest BCUT2D eigenvalue weighted by molar-refractivity contribution is 6.34. The summed E-state index contributed by atoms with van der Waals surface area (Å²) < 4.78 is 6.92. The number of para-hydroxylation sites is 1. The first-order chi connectivity index (χ1) is 17.5. The molecule has 6 N–H and O–H groups in total. The zero-order chi connectivity index (χ0) is 25.7. The van der Waals surface area contributed by atoms with Crippen LogP contribution in [0.4, 0.5) is 5.69 Å². The smallest absolute Gasteiger partial charge is 0.263 e. The van der Waals surface area contributed by atoms with Crippen LogP contribution in [0, 0.1) is 0 Å². The maximum Gasteiger partial charge on any atom is 0.263 e. The number of halogens is 1. The summed E-state index contributed by atoms with van der Waals surface area (Å²) in [6.07, 6.45) is 2.08. The van der Waals surface area contributed by atoms with Crippen LogP contribution in [-0.2, 0) is 13.0 Å². The Morgan fingerprint density at radius 2 is 1.97 bits per heavy atom. The van der Waals surface area contributed by atoms with Gasteiger partial charge in [-0.15, -0.1) is 0 Å². The molecule has 0 spiro atoms. The van der Waals surface area contributed by atoms with E-state index in [9.17, 15) is 9.59 Å². The molecular weight excluding hydrogens is 482 g/mol. The molecule has 4 rings (SSSR count). The van der Waals surface area contributed by atoms with E-state index < -0.39 is 5.91 Å². The Labute approximate surface area is 211 Å². The van der Waals surface area contributed by atoms with E-state index in [0.29, 0.717) is 35.1 Å². The zero-order valence-electron chi connectivity index (χ0n) is 19.4. The van der Waals surface area contributed by atoms with Crippen molar-refractivity contribution in [1.29, 1.82) is 0 Å². The number of amidine groups is 1. The predicted molar refractivity (Wildman–Crippen MR) is 140 cm³/mol. The normalized spacial score (nSPS) is 11.4. The summed E-state index contributed by atoms with van der Waals surface area (Å²) in [6.45, 7) is 0.391. The Morgan fingerprint density at radius 1 is 1.17 bits per heavy atom. The number of hydrogen-bond acceptors (Lipinski definition) is 7. The van der Waals surface area contributed by atoms with Crippen LogP contribution >= 0.6 is 11.6 Å². The molecule has 4 aromatic rings. The molecule has 0 aliphatic heterocycles. The van der Waals surface area contributed by atoms with E-state index in [1.165, 1.54) is 17.0 Å². The fraction of sp³-hybridized carbons (Fsp3) is 0.120. The van der Waals surface area contributed by atoms with Gasteiger partial charge in [-0.3, -0.25) is 14.2 Å². The molecule has 0 aliphatic rings. The second kappa shape index (κ2) is 10.9. The Bertz CT molecular complexity index is 1520. The molecule has 0 radical (unpaired) electrons. The molecule has 1 amide bonds. The first-order valence-corrected chi connectivity index (χ1v) is 11.3. The summed E-state index contributed by atoms with van der Waals surface area (Å²) in [5.74, 6) is 11.2. The van der Waals surface area contributed by atoms with Gasteiger partial charge in [0.2, 0.25) is 0 Å². The van der Waals surface area contributed by atoms with Crippen molar-refractivity contribution in [1.82, 2.24) is 15.0 Å². The number of carbonyl (C=O) groups is 1. The SMILES string of the molecule is COc1ccccc1CCn1cnc2cccc(NC(=O)c3ccc(/C(=N/N)NN)c(Cl)c3)c2c1=O. The minimum Gasteiger partial charge on any atom is -0.496 e. The van der Waals surface area contributed by atoms with Crippen LogP contribution in [0.25, 0.3) is 10.9 Å². The number of hydrazone groups is 1. The number of methoxy groups -OCH3 is 1. The molecule has 0 aliphatic carbocycles. The van der Waals surface area contributed by atoms with Crippen molar-refractivity contribution in [3.63, 3.8) is 0 Å². The van der Waals surface area contributed by atoms with Gasteiger partial charge in [0.15, 0.2) is 5.84 Å². The Hall–Kier alpha value is -4.41. The molecule has 0 fully saturated rings. The molecular formula is C25H24ClN7O3. The third-order valence-corrected chi connectivity index (χ3v) is 5.98. The lowest BCUT2D eigenvalue weighted by atomic mass is 10.1. The Morgan fingerprint density at radius 3 is 2.69 bits per heavy atom. The summed E-state index contributed by atoms with van der Waals surface area (Å²) in [7, 11) is 1.61. The predicted octanol–water partition coefficient (Wildman–Crippen LogP) is 2.64. The number of amides is 1. The number of hydrazine groups is 1. The molecule has 0 atom stereocenters. The summed E-state index contributed by atoms with van der Waals surface area (Å²) >= 11 is 6.29. The van der Waals surface area contributed by atoms with Crippen molar-refractivity contribution in [2.24, 2.45) is 16.8 Å². The lowest BCUT2D eigenvalue weighted by Gasteiger charge is -2.13.